The number of nitrogens with zero attached hydrogens (tertiary/aromatic N) is 3. The standard InChI is InChI=1S/C21H25FN4O/c1-15(2)27-18-6-3-16(4-7-18)21-19(14-25-11-9-23-10-12-25)26-13-17(22)5-8-20(26)24-21/h3-8,13,15,23H,9-12,14H2,1-2H3. The first kappa shape index (κ1) is 17.9. The Morgan fingerprint density at radius 3 is 2.56 bits per heavy atom. The van der Waals surface area contributed by atoms with Gasteiger partial charge in [0.2, 0.25) is 0 Å². The monoisotopic (exact) mass is 368 g/mol. The lowest BCUT2D eigenvalue weighted by molar-refractivity contribution is 0.230. The SMILES string of the molecule is CC(C)Oc1ccc(-c2nc3ccc(F)cn3c2CN2CCNCC2)cc1. The van der Waals surface area contributed by atoms with E-state index in [0.717, 1.165) is 61.1 Å². The first-order valence-electron chi connectivity index (χ1n) is 9.47. The number of piperazine rings is 1. The van der Waals surface area contributed by atoms with Crippen LogP contribution in [0.15, 0.2) is 42.6 Å². The van der Waals surface area contributed by atoms with Gasteiger partial charge in [-0.3, -0.25) is 9.30 Å². The van der Waals surface area contributed by atoms with Crippen molar-refractivity contribution in [1.29, 1.82) is 0 Å². The van der Waals surface area contributed by atoms with E-state index in [-0.39, 0.29) is 11.9 Å². The summed E-state index contributed by atoms with van der Waals surface area (Å²) >= 11 is 0. The van der Waals surface area contributed by atoms with E-state index in [1.807, 2.05) is 42.5 Å². The number of nitrogens with one attached hydrogen (secondary N) is 1. The largest absolute Gasteiger partial charge is 0.491 e. The van der Waals surface area contributed by atoms with Crippen molar-refractivity contribution in [3.63, 3.8) is 0 Å². The number of ether oxygens (including phenoxy) is 1. The third kappa shape index (κ3) is 3.96. The molecule has 0 atom stereocenters. The number of hydrogen-bond acceptors (Lipinski definition) is 4. The Morgan fingerprint density at radius 1 is 1.11 bits per heavy atom. The molecule has 0 radical (unpaired) electrons. The Kier molecular flexibility index (Phi) is 5.09. The van der Waals surface area contributed by atoms with E-state index in [1.54, 1.807) is 6.07 Å². The molecule has 4 rings (SSSR count). The van der Waals surface area contributed by atoms with Crippen LogP contribution in [-0.2, 0) is 6.54 Å². The van der Waals surface area contributed by atoms with Gasteiger partial charge in [-0.2, -0.15) is 0 Å². The summed E-state index contributed by atoms with van der Waals surface area (Å²) in [5, 5.41) is 3.37. The van der Waals surface area contributed by atoms with Crippen LogP contribution in [0.5, 0.6) is 5.75 Å². The first-order valence-corrected chi connectivity index (χ1v) is 9.47. The second-order valence-corrected chi connectivity index (χ2v) is 7.20. The quantitative estimate of drug-likeness (QED) is 0.750. The molecule has 3 heterocycles. The fourth-order valence-corrected chi connectivity index (χ4v) is 3.49. The molecule has 1 saturated heterocycles. The Hall–Kier alpha value is -2.44. The smallest absolute Gasteiger partial charge is 0.139 e. The van der Waals surface area contributed by atoms with Crippen molar-refractivity contribution >= 4 is 5.65 Å². The Labute approximate surface area is 158 Å². The van der Waals surface area contributed by atoms with Gasteiger partial charge in [0.15, 0.2) is 0 Å². The predicted octanol–water partition coefficient (Wildman–Crippen LogP) is 3.33. The van der Waals surface area contributed by atoms with Crippen molar-refractivity contribution in [3.05, 3.63) is 54.1 Å². The molecule has 1 fully saturated rings. The molecule has 1 N–H and O–H groups in total. The molecule has 0 saturated carbocycles. The van der Waals surface area contributed by atoms with Gasteiger partial charge < -0.3 is 10.1 Å². The van der Waals surface area contributed by atoms with E-state index in [0.29, 0.717) is 0 Å². The molecule has 0 amide bonds. The summed E-state index contributed by atoms with van der Waals surface area (Å²) in [6, 6.07) is 11.2. The zero-order valence-corrected chi connectivity index (χ0v) is 15.8. The van der Waals surface area contributed by atoms with E-state index < -0.39 is 0 Å². The number of hydrogen-bond donors (Lipinski definition) is 1. The lowest BCUT2D eigenvalue weighted by Crippen LogP contribution is -2.43. The summed E-state index contributed by atoms with van der Waals surface area (Å²) in [4.78, 5) is 7.17. The molecule has 1 aliphatic rings. The maximum atomic E-state index is 13.9. The molecule has 3 aromatic rings. The normalized spacial score (nSPS) is 15.6. The Morgan fingerprint density at radius 2 is 1.85 bits per heavy atom. The molecular formula is C21H25FN4O. The molecule has 0 unspecified atom stereocenters. The summed E-state index contributed by atoms with van der Waals surface area (Å²) in [5.41, 5.74) is 3.69. The van der Waals surface area contributed by atoms with Crippen LogP contribution in [0.4, 0.5) is 4.39 Å². The second-order valence-electron chi connectivity index (χ2n) is 7.20. The van der Waals surface area contributed by atoms with Gasteiger partial charge in [-0.05, 0) is 50.2 Å². The summed E-state index contributed by atoms with van der Waals surface area (Å²) in [6.07, 6.45) is 1.66. The fraction of sp³-hybridized carbons (Fsp3) is 0.381. The maximum absolute atomic E-state index is 13.9. The van der Waals surface area contributed by atoms with Gasteiger partial charge in [0.05, 0.1) is 17.5 Å². The molecule has 0 bridgehead atoms. The van der Waals surface area contributed by atoms with Crippen LogP contribution in [0.25, 0.3) is 16.9 Å². The summed E-state index contributed by atoms with van der Waals surface area (Å²) in [5.74, 6) is 0.584. The van der Waals surface area contributed by atoms with Crippen LogP contribution in [0.2, 0.25) is 0 Å². The van der Waals surface area contributed by atoms with Crippen LogP contribution in [0.1, 0.15) is 19.5 Å². The minimum absolute atomic E-state index is 0.136. The predicted molar refractivity (Wildman–Crippen MR) is 104 cm³/mol. The summed E-state index contributed by atoms with van der Waals surface area (Å²) in [6.45, 7) is 8.66. The number of benzene rings is 1. The van der Waals surface area contributed by atoms with Crippen LogP contribution >= 0.6 is 0 Å². The van der Waals surface area contributed by atoms with Crippen LogP contribution in [-0.4, -0.2) is 46.6 Å². The zero-order chi connectivity index (χ0) is 18.8. The van der Waals surface area contributed by atoms with Crippen molar-refractivity contribution in [2.45, 2.75) is 26.5 Å². The molecular weight excluding hydrogens is 343 g/mol. The van der Waals surface area contributed by atoms with Gasteiger partial charge in [-0.1, -0.05) is 0 Å². The number of imidazole rings is 1. The number of fused-ring (bicyclic) bond motifs is 1. The number of halogens is 1. The minimum Gasteiger partial charge on any atom is -0.491 e. The number of aromatic nitrogens is 2. The van der Waals surface area contributed by atoms with Gasteiger partial charge >= 0.3 is 0 Å². The number of pyridine rings is 1. The van der Waals surface area contributed by atoms with Crippen molar-refractivity contribution in [1.82, 2.24) is 19.6 Å². The molecule has 1 aliphatic heterocycles. The van der Waals surface area contributed by atoms with Crippen molar-refractivity contribution < 1.29 is 9.13 Å². The number of rotatable bonds is 5. The Balaban J connectivity index is 1.73. The molecule has 2 aromatic heterocycles. The molecule has 142 valence electrons. The zero-order valence-electron chi connectivity index (χ0n) is 15.8. The lowest BCUT2D eigenvalue weighted by atomic mass is 10.1. The molecule has 27 heavy (non-hydrogen) atoms. The van der Waals surface area contributed by atoms with E-state index >= 15 is 0 Å². The third-order valence-electron chi connectivity index (χ3n) is 4.76. The van der Waals surface area contributed by atoms with Crippen LogP contribution in [0, 0.1) is 5.82 Å². The lowest BCUT2D eigenvalue weighted by Gasteiger charge is -2.27. The van der Waals surface area contributed by atoms with Gasteiger partial charge in [0.1, 0.15) is 17.2 Å². The highest BCUT2D eigenvalue weighted by atomic mass is 19.1. The molecule has 1 aromatic carbocycles. The van der Waals surface area contributed by atoms with Crippen LogP contribution < -0.4 is 10.1 Å². The first-order chi connectivity index (χ1) is 13.1. The van der Waals surface area contributed by atoms with Crippen molar-refractivity contribution in [2.75, 3.05) is 26.2 Å². The molecule has 5 nitrogen and oxygen atoms in total. The van der Waals surface area contributed by atoms with Gasteiger partial charge in [-0.15, -0.1) is 0 Å². The van der Waals surface area contributed by atoms with Gasteiger partial charge in [-0.25, -0.2) is 9.37 Å². The van der Waals surface area contributed by atoms with Crippen molar-refractivity contribution in [2.24, 2.45) is 0 Å². The highest BCUT2D eigenvalue weighted by molar-refractivity contribution is 5.67. The highest BCUT2D eigenvalue weighted by Gasteiger charge is 2.19. The minimum atomic E-state index is -0.256. The van der Waals surface area contributed by atoms with E-state index in [1.165, 1.54) is 12.3 Å². The summed E-state index contributed by atoms with van der Waals surface area (Å²) in [7, 11) is 0. The molecule has 0 spiro atoms. The second kappa shape index (κ2) is 7.66. The van der Waals surface area contributed by atoms with Gasteiger partial charge in [0, 0.05) is 44.5 Å². The van der Waals surface area contributed by atoms with Crippen molar-refractivity contribution in [3.8, 4) is 17.0 Å². The van der Waals surface area contributed by atoms with E-state index in [2.05, 4.69) is 10.2 Å². The van der Waals surface area contributed by atoms with E-state index in [9.17, 15) is 4.39 Å². The average Bonchev–Trinajstić information content (AvgIpc) is 3.00. The topological polar surface area (TPSA) is 41.8 Å². The maximum Gasteiger partial charge on any atom is 0.139 e. The van der Waals surface area contributed by atoms with E-state index in [4.69, 9.17) is 9.72 Å². The highest BCUT2D eigenvalue weighted by Crippen LogP contribution is 2.28. The van der Waals surface area contributed by atoms with Gasteiger partial charge in [0.25, 0.3) is 0 Å². The average molecular weight is 368 g/mol. The fourth-order valence-electron chi connectivity index (χ4n) is 3.49. The third-order valence-corrected chi connectivity index (χ3v) is 4.76. The Bertz CT molecular complexity index is 914. The van der Waals surface area contributed by atoms with Crippen LogP contribution in [0.3, 0.4) is 0 Å². The molecule has 6 heteroatoms. The summed E-state index contributed by atoms with van der Waals surface area (Å²) < 4.78 is 21.5. The molecule has 0 aliphatic carbocycles.